The van der Waals surface area contributed by atoms with E-state index in [1.54, 1.807) is 16.8 Å². The quantitative estimate of drug-likeness (QED) is 0.849. The molecule has 0 saturated carbocycles. The number of fused-ring (bicyclic) bond motifs is 1. The van der Waals surface area contributed by atoms with Crippen LogP contribution in [-0.2, 0) is 11.2 Å². The van der Waals surface area contributed by atoms with E-state index in [-0.39, 0.29) is 17.2 Å². The number of Topliss-reactive ketones (excluding diaryl/α,β-unsaturated/α-hetero) is 1. The minimum atomic E-state index is -0.500. The van der Waals surface area contributed by atoms with E-state index in [9.17, 15) is 9.59 Å². The molecule has 2 heterocycles. The molecule has 8 heteroatoms. The molecule has 1 fully saturated rings. The first-order chi connectivity index (χ1) is 12.8. The predicted octanol–water partition coefficient (Wildman–Crippen LogP) is 1.72. The zero-order chi connectivity index (χ0) is 19.2. The van der Waals surface area contributed by atoms with Gasteiger partial charge in [-0.3, -0.25) is 9.59 Å². The van der Waals surface area contributed by atoms with Crippen LogP contribution in [0.3, 0.4) is 0 Å². The Balaban J connectivity index is 1.75. The predicted molar refractivity (Wildman–Crippen MR) is 99.2 cm³/mol. The van der Waals surface area contributed by atoms with Crippen LogP contribution in [0.2, 0.25) is 0 Å². The second-order valence-electron chi connectivity index (χ2n) is 8.04. The number of ketones is 1. The minimum absolute atomic E-state index is 0.0164. The van der Waals surface area contributed by atoms with Crippen LogP contribution in [0, 0.1) is 5.41 Å². The number of carbonyl (C=O) groups is 2. The molecule has 2 aromatic rings. The number of primary amides is 1. The molecule has 1 aliphatic carbocycles. The van der Waals surface area contributed by atoms with Crippen molar-refractivity contribution in [1.82, 2.24) is 15.0 Å². The summed E-state index contributed by atoms with van der Waals surface area (Å²) in [4.78, 5) is 24.2. The maximum Gasteiger partial charge on any atom is 0.250 e. The fourth-order valence-corrected chi connectivity index (χ4v) is 3.78. The van der Waals surface area contributed by atoms with E-state index in [0.717, 1.165) is 17.8 Å². The zero-order valence-electron chi connectivity index (χ0n) is 15.5. The van der Waals surface area contributed by atoms with Crippen molar-refractivity contribution in [3.05, 3.63) is 35.2 Å². The number of benzene rings is 1. The van der Waals surface area contributed by atoms with Gasteiger partial charge in [-0.2, -0.15) is 0 Å². The number of rotatable bonds is 4. The lowest BCUT2D eigenvalue weighted by molar-refractivity contribution is 0.0905. The minimum Gasteiger partial charge on any atom is -0.379 e. The monoisotopic (exact) mass is 369 g/mol. The lowest BCUT2D eigenvalue weighted by atomic mass is 9.77. The average molecular weight is 369 g/mol. The Morgan fingerprint density at radius 2 is 2.19 bits per heavy atom. The van der Waals surface area contributed by atoms with E-state index in [0.29, 0.717) is 43.0 Å². The smallest absolute Gasteiger partial charge is 0.250 e. The van der Waals surface area contributed by atoms with Crippen LogP contribution in [-0.4, -0.2) is 45.9 Å². The standard InChI is InChI=1S/C19H23N5O3/c1-19(2)8-15-17(16(25)9-19)22-23-24(15)12-3-4-13(18(20)26)14(7-12)21-11-5-6-27-10-11/h3-4,7,11,21H,5-6,8-10H2,1-2H3,(H2,20,26). The summed E-state index contributed by atoms with van der Waals surface area (Å²) in [6.07, 6.45) is 2.04. The number of nitrogens with one attached hydrogen (secondary N) is 1. The van der Waals surface area contributed by atoms with Gasteiger partial charge in [0.15, 0.2) is 11.5 Å². The first kappa shape index (κ1) is 17.7. The highest BCUT2D eigenvalue weighted by atomic mass is 16.5. The number of nitrogens with two attached hydrogens (primary N) is 1. The van der Waals surface area contributed by atoms with E-state index in [4.69, 9.17) is 10.5 Å². The van der Waals surface area contributed by atoms with Gasteiger partial charge in [0.25, 0.3) is 5.91 Å². The van der Waals surface area contributed by atoms with Gasteiger partial charge in [0.05, 0.1) is 29.6 Å². The van der Waals surface area contributed by atoms with E-state index < -0.39 is 5.91 Å². The molecule has 1 atom stereocenters. The van der Waals surface area contributed by atoms with Crippen molar-refractivity contribution in [2.45, 2.75) is 39.2 Å². The fourth-order valence-electron chi connectivity index (χ4n) is 3.78. The SMILES string of the molecule is CC1(C)CC(=O)c2nnn(-c3ccc(C(N)=O)c(NC4CCOC4)c3)c2C1. The highest BCUT2D eigenvalue weighted by Gasteiger charge is 2.35. The van der Waals surface area contributed by atoms with Gasteiger partial charge in [-0.15, -0.1) is 5.10 Å². The summed E-state index contributed by atoms with van der Waals surface area (Å²) in [6.45, 7) is 5.41. The van der Waals surface area contributed by atoms with Gasteiger partial charge in [-0.05, 0) is 36.5 Å². The van der Waals surface area contributed by atoms with Crippen molar-refractivity contribution in [2.75, 3.05) is 18.5 Å². The first-order valence-electron chi connectivity index (χ1n) is 9.10. The average Bonchev–Trinajstić information content (AvgIpc) is 3.23. The summed E-state index contributed by atoms with van der Waals surface area (Å²) in [5.41, 5.74) is 8.42. The van der Waals surface area contributed by atoms with Crippen LogP contribution < -0.4 is 11.1 Å². The fraction of sp³-hybridized carbons (Fsp3) is 0.474. The maximum atomic E-state index is 12.4. The van der Waals surface area contributed by atoms with Crippen LogP contribution in [0.4, 0.5) is 5.69 Å². The summed E-state index contributed by atoms with van der Waals surface area (Å²) in [5.74, 6) is -0.484. The van der Waals surface area contributed by atoms with Crippen molar-refractivity contribution in [1.29, 1.82) is 0 Å². The Labute approximate surface area is 157 Å². The van der Waals surface area contributed by atoms with Crippen LogP contribution >= 0.6 is 0 Å². The molecule has 1 saturated heterocycles. The molecule has 4 rings (SSSR count). The molecule has 1 aromatic carbocycles. The molecule has 1 aliphatic heterocycles. The summed E-state index contributed by atoms with van der Waals surface area (Å²) < 4.78 is 7.09. The molecule has 1 aromatic heterocycles. The lowest BCUT2D eigenvalue weighted by Gasteiger charge is -2.28. The van der Waals surface area contributed by atoms with E-state index in [2.05, 4.69) is 29.5 Å². The third-order valence-corrected chi connectivity index (χ3v) is 5.11. The number of hydrogen-bond donors (Lipinski definition) is 2. The van der Waals surface area contributed by atoms with Crippen LogP contribution in [0.5, 0.6) is 0 Å². The van der Waals surface area contributed by atoms with Gasteiger partial charge >= 0.3 is 0 Å². The highest BCUT2D eigenvalue weighted by molar-refractivity contribution is 5.99. The molecular formula is C19H23N5O3. The zero-order valence-corrected chi connectivity index (χ0v) is 15.5. The van der Waals surface area contributed by atoms with E-state index in [1.165, 1.54) is 0 Å². The number of hydrogen-bond acceptors (Lipinski definition) is 6. The van der Waals surface area contributed by atoms with Gasteiger partial charge in [-0.25, -0.2) is 4.68 Å². The third-order valence-electron chi connectivity index (χ3n) is 5.11. The summed E-state index contributed by atoms with van der Waals surface area (Å²) >= 11 is 0. The van der Waals surface area contributed by atoms with E-state index in [1.807, 2.05) is 6.07 Å². The van der Waals surface area contributed by atoms with Crippen LogP contribution in [0.1, 0.15) is 53.2 Å². The molecule has 0 spiro atoms. The lowest BCUT2D eigenvalue weighted by Crippen LogP contribution is -2.28. The first-order valence-corrected chi connectivity index (χ1v) is 9.10. The molecule has 8 nitrogen and oxygen atoms in total. The number of anilines is 1. The maximum absolute atomic E-state index is 12.4. The number of amides is 1. The largest absolute Gasteiger partial charge is 0.379 e. The molecule has 142 valence electrons. The third kappa shape index (κ3) is 3.32. The van der Waals surface area contributed by atoms with Crippen molar-refractivity contribution in [2.24, 2.45) is 11.1 Å². The Morgan fingerprint density at radius 3 is 2.89 bits per heavy atom. The van der Waals surface area contributed by atoms with Crippen LogP contribution in [0.25, 0.3) is 5.69 Å². The molecule has 2 aliphatic rings. The molecular weight excluding hydrogens is 346 g/mol. The Hall–Kier alpha value is -2.74. The van der Waals surface area contributed by atoms with Gasteiger partial charge < -0.3 is 15.8 Å². The van der Waals surface area contributed by atoms with Gasteiger partial charge in [0, 0.05) is 18.7 Å². The number of carbonyl (C=O) groups excluding carboxylic acids is 2. The van der Waals surface area contributed by atoms with Crippen LogP contribution in [0.15, 0.2) is 18.2 Å². The summed E-state index contributed by atoms with van der Waals surface area (Å²) in [7, 11) is 0. The van der Waals surface area contributed by atoms with Crippen molar-refractivity contribution in [3.63, 3.8) is 0 Å². The van der Waals surface area contributed by atoms with Gasteiger partial charge in [0.2, 0.25) is 0 Å². The van der Waals surface area contributed by atoms with Crippen molar-refractivity contribution in [3.8, 4) is 5.69 Å². The van der Waals surface area contributed by atoms with Gasteiger partial charge in [0.1, 0.15) is 0 Å². The molecule has 0 radical (unpaired) electrons. The molecule has 0 bridgehead atoms. The topological polar surface area (TPSA) is 112 Å². The molecule has 1 amide bonds. The number of aromatic nitrogens is 3. The second-order valence-corrected chi connectivity index (χ2v) is 8.04. The van der Waals surface area contributed by atoms with E-state index >= 15 is 0 Å². The summed E-state index contributed by atoms with van der Waals surface area (Å²) in [5, 5.41) is 11.7. The molecule has 27 heavy (non-hydrogen) atoms. The molecule has 3 N–H and O–H groups in total. The summed E-state index contributed by atoms with van der Waals surface area (Å²) in [6, 6.07) is 5.42. The van der Waals surface area contributed by atoms with Crippen molar-refractivity contribution >= 4 is 17.4 Å². The Bertz CT molecular complexity index is 912. The Morgan fingerprint density at radius 1 is 1.37 bits per heavy atom. The van der Waals surface area contributed by atoms with Gasteiger partial charge in [-0.1, -0.05) is 19.1 Å². The second kappa shape index (κ2) is 6.45. The highest BCUT2D eigenvalue weighted by Crippen LogP contribution is 2.35. The van der Waals surface area contributed by atoms with Crippen molar-refractivity contribution < 1.29 is 14.3 Å². The number of nitrogens with zero attached hydrogens (tertiary/aromatic N) is 3. The molecule has 1 unspecified atom stereocenters. The Kier molecular flexibility index (Phi) is 4.22. The normalized spacial score (nSPS) is 21.1. The number of ether oxygens (including phenoxy) is 1.